The van der Waals surface area contributed by atoms with Crippen LogP contribution in [0, 0.1) is 0 Å². The van der Waals surface area contributed by atoms with Gasteiger partial charge in [-0.25, -0.2) is 0 Å². The Morgan fingerprint density at radius 3 is 2.36 bits per heavy atom. The summed E-state index contributed by atoms with van der Waals surface area (Å²) in [7, 11) is 1.57. The number of hydrogen-bond donors (Lipinski definition) is 1. The highest BCUT2D eigenvalue weighted by atomic mass is 32.1. The minimum atomic E-state index is -0.0990. The number of carbonyl (C=O) groups is 3. The van der Waals surface area contributed by atoms with Gasteiger partial charge in [-0.05, 0) is 30.3 Å². The van der Waals surface area contributed by atoms with Crippen LogP contribution in [-0.4, -0.2) is 60.8 Å². The number of thiophene rings is 1. The lowest BCUT2D eigenvalue weighted by molar-refractivity contribution is -0.119. The number of nitrogens with zero attached hydrogens (tertiary/aromatic N) is 2. The molecule has 1 aromatic carbocycles. The number of nitrogens with one attached hydrogen (secondary N) is 1. The number of methoxy groups -OCH3 is 1. The molecule has 1 fully saturated rings. The molecule has 1 N–H and O–H groups in total. The SMILES string of the molecule is COc1cccc(C(=O)N2CCN(C(=O)c3ccc(CNC(C)=O)s3)CC2)c1. The monoisotopic (exact) mass is 401 g/mol. The summed E-state index contributed by atoms with van der Waals surface area (Å²) < 4.78 is 5.18. The topological polar surface area (TPSA) is 79.0 Å². The molecule has 3 rings (SSSR count). The van der Waals surface area contributed by atoms with Gasteiger partial charge in [0, 0.05) is 43.5 Å². The van der Waals surface area contributed by atoms with Crippen LogP contribution in [0.4, 0.5) is 0 Å². The van der Waals surface area contributed by atoms with Crippen LogP contribution in [0.3, 0.4) is 0 Å². The summed E-state index contributed by atoms with van der Waals surface area (Å²) in [6.45, 7) is 3.86. The zero-order valence-corrected chi connectivity index (χ0v) is 16.8. The molecule has 8 heteroatoms. The summed E-state index contributed by atoms with van der Waals surface area (Å²) in [5.74, 6) is 0.456. The smallest absolute Gasteiger partial charge is 0.264 e. The van der Waals surface area contributed by atoms with Crippen molar-refractivity contribution in [3.63, 3.8) is 0 Å². The van der Waals surface area contributed by atoms with Gasteiger partial charge in [0.25, 0.3) is 11.8 Å². The molecule has 0 spiro atoms. The number of rotatable bonds is 5. The Kier molecular flexibility index (Phi) is 6.30. The van der Waals surface area contributed by atoms with Gasteiger partial charge in [-0.1, -0.05) is 6.07 Å². The highest BCUT2D eigenvalue weighted by molar-refractivity contribution is 7.14. The van der Waals surface area contributed by atoms with Crippen LogP contribution >= 0.6 is 11.3 Å². The maximum Gasteiger partial charge on any atom is 0.264 e. The van der Waals surface area contributed by atoms with Crippen LogP contribution in [0.2, 0.25) is 0 Å². The van der Waals surface area contributed by atoms with Gasteiger partial charge in [0.05, 0.1) is 18.5 Å². The minimum absolute atomic E-state index is 0.0347. The maximum atomic E-state index is 12.7. The normalized spacial score (nSPS) is 13.9. The second-order valence-electron chi connectivity index (χ2n) is 6.49. The van der Waals surface area contributed by atoms with Crippen LogP contribution in [-0.2, 0) is 11.3 Å². The van der Waals surface area contributed by atoms with Gasteiger partial charge in [-0.15, -0.1) is 11.3 Å². The van der Waals surface area contributed by atoms with Gasteiger partial charge in [0.15, 0.2) is 0 Å². The Morgan fingerprint density at radius 2 is 1.71 bits per heavy atom. The van der Waals surface area contributed by atoms with E-state index in [1.54, 1.807) is 47.2 Å². The summed E-state index contributed by atoms with van der Waals surface area (Å²) in [4.78, 5) is 41.5. The average molecular weight is 401 g/mol. The zero-order valence-electron chi connectivity index (χ0n) is 15.9. The molecule has 2 heterocycles. The van der Waals surface area contributed by atoms with Crippen molar-refractivity contribution in [2.75, 3.05) is 33.3 Å². The third kappa shape index (κ3) is 4.69. The molecular formula is C20H23N3O4S. The van der Waals surface area contributed by atoms with E-state index in [0.717, 1.165) is 4.88 Å². The van der Waals surface area contributed by atoms with Gasteiger partial charge in [-0.3, -0.25) is 14.4 Å². The second kappa shape index (κ2) is 8.88. The molecule has 3 amide bonds. The fourth-order valence-electron chi connectivity index (χ4n) is 3.01. The van der Waals surface area contributed by atoms with Crippen molar-refractivity contribution in [1.29, 1.82) is 0 Å². The highest BCUT2D eigenvalue weighted by Gasteiger charge is 2.26. The van der Waals surface area contributed by atoms with Crippen molar-refractivity contribution >= 4 is 29.1 Å². The lowest BCUT2D eigenvalue weighted by atomic mass is 10.1. The standard InChI is InChI=1S/C20H23N3O4S/c1-14(24)21-13-17-6-7-18(28-17)20(26)23-10-8-22(9-11-23)19(25)15-4-3-5-16(12-15)27-2/h3-7,12H,8-11,13H2,1-2H3,(H,21,24). The van der Waals surface area contributed by atoms with E-state index in [2.05, 4.69) is 5.32 Å². The Hall–Kier alpha value is -2.87. The molecule has 2 aromatic rings. The van der Waals surface area contributed by atoms with Crippen LogP contribution in [0.1, 0.15) is 31.8 Å². The molecule has 1 aliphatic heterocycles. The first kappa shape index (κ1) is 19.9. The van der Waals surface area contributed by atoms with Gasteiger partial charge >= 0.3 is 0 Å². The fraction of sp³-hybridized carbons (Fsp3) is 0.350. The number of amides is 3. The summed E-state index contributed by atoms with van der Waals surface area (Å²) in [6, 6.07) is 10.7. The van der Waals surface area contributed by atoms with E-state index in [1.165, 1.54) is 18.3 Å². The molecule has 7 nitrogen and oxygen atoms in total. The predicted octanol–water partition coefficient (Wildman–Crippen LogP) is 1.99. The number of benzene rings is 1. The first-order chi connectivity index (χ1) is 13.5. The van der Waals surface area contributed by atoms with Crippen molar-refractivity contribution < 1.29 is 19.1 Å². The Balaban J connectivity index is 1.56. The summed E-state index contributed by atoms with van der Waals surface area (Å²) in [5, 5.41) is 2.73. The van der Waals surface area contributed by atoms with Crippen LogP contribution < -0.4 is 10.1 Å². The van der Waals surface area contributed by atoms with E-state index in [9.17, 15) is 14.4 Å². The Bertz CT molecular complexity index is 872. The van der Waals surface area contributed by atoms with E-state index < -0.39 is 0 Å². The average Bonchev–Trinajstić information content (AvgIpc) is 3.20. The van der Waals surface area contributed by atoms with E-state index >= 15 is 0 Å². The molecule has 0 bridgehead atoms. The fourth-order valence-corrected chi connectivity index (χ4v) is 3.92. The Morgan fingerprint density at radius 1 is 1.04 bits per heavy atom. The molecule has 1 saturated heterocycles. The van der Waals surface area contributed by atoms with Gasteiger partial charge in [0.2, 0.25) is 5.91 Å². The molecular weight excluding hydrogens is 378 g/mol. The molecule has 1 aromatic heterocycles. The number of piperazine rings is 1. The molecule has 0 atom stereocenters. The molecule has 0 radical (unpaired) electrons. The molecule has 0 saturated carbocycles. The van der Waals surface area contributed by atoms with Crippen molar-refractivity contribution in [1.82, 2.24) is 15.1 Å². The maximum absolute atomic E-state index is 12.7. The summed E-state index contributed by atoms with van der Waals surface area (Å²) in [5.41, 5.74) is 0.583. The zero-order chi connectivity index (χ0) is 20.1. The number of carbonyl (C=O) groups excluding carboxylic acids is 3. The highest BCUT2D eigenvalue weighted by Crippen LogP contribution is 2.20. The quantitative estimate of drug-likeness (QED) is 0.831. The molecule has 1 aliphatic rings. The third-order valence-electron chi connectivity index (χ3n) is 4.55. The van der Waals surface area contributed by atoms with Crippen LogP contribution in [0.15, 0.2) is 36.4 Å². The van der Waals surface area contributed by atoms with Crippen molar-refractivity contribution in [3.05, 3.63) is 51.7 Å². The molecule has 28 heavy (non-hydrogen) atoms. The van der Waals surface area contributed by atoms with Crippen molar-refractivity contribution in [3.8, 4) is 5.75 Å². The van der Waals surface area contributed by atoms with Crippen molar-refractivity contribution in [2.24, 2.45) is 0 Å². The van der Waals surface area contributed by atoms with Gasteiger partial charge < -0.3 is 19.9 Å². The van der Waals surface area contributed by atoms with Crippen LogP contribution in [0.5, 0.6) is 5.75 Å². The second-order valence-corrected chi connectivity index (χ2v) is 7.66. The molecule has 148 valence electrons. The van der Waals surface area contributed by atoms with E-state index in [0.29, 0.717) is 48.9 Å². The minimum Gasteiger partial charge on any atom is -0.497 e. The van der Waals surface area contributed by atoms with Gasteiger partial charge in [0.1, 0.15) is 5.75 Å². The largest absolute Gasteiger partial charge is 0.497 e. The first-order valence-electron chi connectivity index (χ1n) is 9.03. The Labute approximate surface area is 167 Å². The molecule has 0 aliphatic carbocycles. The lowest BCUT2D eigenvalue weighted by Crippen LogP contribution is -2.50. The summed E-state index contributed by atoms with van der Waals surface area (Å²) >= 11 is 1.38. The van der Waals surface area contributed by atoms with E-state index in [4.69, 9.17) is 4.74 Å². The third-order valence-corrected chi connectivity index (χ3v) is 5.63. The van der Waals surface area contributed by atoms with Crippen molar-refractivity contribution in [2.45, 2.75) is 13.5 Å². The lowest BCUT2D eigenvalue weighted by Gasteiger charge is -2.34. The van der Waals surface area contributed by atoms with Gasteiger partial charge in [-0.2, -0.15) is 0 Å². The summed E-state index contributed by atoms with van der Waals surface area (Å²) in [6.07, 6.45) is 0. The van der Waals surface area contributed by atoms with E-state index in [1.807, 2.05) is 6.07 Å². The van der Waals surface area contributed by atoms with E-state index in [-0.39, 0.29) is 17.7 Å². The van der Waals surface area contributed by atoms with Crippen LogP contribution in [0.25, 0.3) is 0 Å². The molecule has 0 unspecified atom stereocenters. The number of ether oxygens (including phenoxy) is 1. The first-order valence-corrected chi connectivity index (χ1v) is 9.85. The number of hydrogen-bond acceptors (Lipinski definition) is 5. The predicted molar refractivity (Wildman–Crippen MR) is 107 cm³/mol.